The third-order valence-electron chi connectivity index (χ3n) is 2.15. The highest BCUT2D eigenvalue weighted by Crippen LogP contribution is 2.21. The van der Waals surface area contributed by atoms with Crippen LogP contribution in [0.5, 0.6) is 5.75 Å². The number of rotatable bonds is 4. The lowest BCUT2D eigenvalue weighted by Gasteiger charge is -2.05. The van der Waals surface area contributed by atoms with E-state index in [2.05, 4.69) is 20.9 Å². The fraction of sp³-hybridized carbons (Fsp3) is 0.0833. The molecule has 0 radical (unpaired) electrons. The van der Waals surface area contributed by atoms with Gasteiger partial charge >= 0.3 is 0 Å². The fourth-order valence-electron chi connectivity index (χ4n) is 1.32. The third kappa shape index (κ3) is 2.94. The van der Waals surface area contributed by atoms with Gasteiger partial charge in [0.05, 0.1) is 5.69 Å². The Morgan fingerprint density at radius 3 is 2.88 bits per heavy atom. The number of carbonyl (C=O) groups is 1. The maximum absolute atomic E-state index is 13.4. The Labute approximate surface area is 106 Å². The minimum atomic E-state index is -0.501. The largest absolute Gasteiger partial charge is 0.482 e. The maximum atomic E-state index is 13.4. The number of hydrogen-bond donors (Lipinski definition) is 1. The van der Waals surface area contributed by atoms with E-state index in [0.29, 0.717) is 10.2 Å². The summed E-state index contributed by atoms with van der Waals surface area (Å²) in [5.41, 5.74) is 0.447. The molecule has 2 aromatic rings. The van der Waals surface area contributed by atoms with Crippen molar-refractivity contribution in [3.63, 3.8) is 0 Å². The van der Waals surface area contributed by atoms with Crippen LogP contribution >= 0.6 is 15.9 Å². The Balaban J connectivity index is 2.01. The number of hydrogen-bond acceptors (Lipinski definition) is 2. The average Bonchev–Trinajstić information content (AvgIpc) is 2.81. The first-order valence-electron chi connectivity index (χ1n) is 4.91. The van der Waals surface area contributed by atoms with Crippen LogP contribution in [-0.4, -0.2) is 17.4 Å². The second kappa shape index (κ2) is 5.14. The summed E-state index contributed by atoms with van der Waals surface area (Å²) in [6.07, 6.45) is 1.65. The van der Waals surface area contributed by atoms with Crippen molar-refractivity contribution in [1.29, 1.82) is 0 Å². The molecule has 0 aliphatic rings. The first-order valence-corrected chi connectivity index (χ1v) is 5.70. The van der Waals surface area contributed by atoms with Gasteiger partial charge in [-0.2, -0.15) is 0 Å². The van der Waals surface area contributed by atoms with Crippen LogP contribution in [0.15, 0.2) is 41.0 Å². The molecule has 0 atom stereocenters. The average molecular weight is 298 g/mol. The lowest BCUT2D eigenvalue weighted by molar-refractivity contribution is 0.0914. The zero-order valence-electron chi connectivity index (χ0n) is 8.74. The van der Waals surface area contributed by atoms with Crippen molar-refractivity contribution >= 4 is 21.7 Å². The molecule has 0 saturated carbocycles. The Hall–Kier alpha value is -1.62. The van der Waals surface area contributed by atoms with Crippen LogP contribution in [-0.2, 0) is 0 Å². The van der Waals surface area contributed by atoms with Crippen LogP contribution < -0.4 is 4.74 Å². The van der Waals surface area contributed by atoms with Gasteiger partial charge in [0.25, 0.3) is 0 Å². The van der Waals surface area contributed by atoms with Crippen molar-refractivity contribution in [1.82, 2.24) is 4.98 Å². The summed E-state index contributed by atoms with van der Waals surface area (Å²) in [6, 6.07) is 7.77. The van der Waals surface area contributed by atoms with E-state index in [9.17, 15) is 9.18 Å². The lowest BCUT2D eigenvalue weighted by Crippen LogP contribution is -2.12. The first-order chi connectivity index (χ1) is 8.16. The van der Waals surface area contributed by atoms with Crippen LogP contribution in [0.2, 0.25) is 0 Å². The summed E-state index contributed by atoms with van der Waals surface area (Å²) in [7, 11) is 0. The molecule has 88 valence electrons. The third-order valence-corrected chi connectivity index (χ3v) is 2.64. The molecule has 3 nitrogen and oxygen atoms in total. The van der Waals surface area contributed by atoms with Gasteiger partial charge in [0.2, 0.25) is 5.78 Å². The van der Waals surface area contributed by atoms with E-state index in [-0.39, 0.29) is 18.1 Å². The van der Waals surface area contributed by atoms with Gasteiger partial charge in [0, 0.05) is 10.7 Å². The maximum Gasteiger partial charge on any atom is 0.216 e. The van der Waals surface area contributed by atoms with E-state index in [0.717, 1.165) is 0 Å². The number of ketones is 1. The summed E-state index contributed by atoms with van der Waals surface area (Å²) >= 11 is 3.14. The van der Waals surface area contributed by atoms with Crippen molar-refractivity contribution < 1.29 is 13.9 Å². The molecular formula is C12H9BrFNO2. The molecule has 0 amide bonds. The molecule has 0 saturated heterocycles. The number of aromatic nitrogens is 1. The summed E-state index contributed by atoms with van der Waals surface area (Å²) in [6.45, 7) is -0.195. The highest BCUT2D eigenvalue weighted by Gasteiger charge is 2.09. The molecule has 0 unspecified atom stereocenters. The van der Waals surface area contributed by atoms with Gasteiger partial charge in [-0.25, -0.2) is 4.39 Å². The lowest BCUT2D eigenvalue weighted by atomic mass is 10.3. The fourth-order valence-corrected chi connectivity index (χ4v) is 1.65. The van der Waals surface area contributed by atoms with Gasteiger partial charge in [-0.15, -0.1) is 0 Å². The molecule has 17 heavy (non-hydrogen) atoms. The van der Waals surface area contributed by atoms with Gasteiger partial charge in [0.15, 0.2) is 18.2 Å². The van der Waals surface area contributed by atoms with E-state index in [1.54, 1.807) is 24.4 Å². The molecule has 0 spiro atoms. The molecular weight excluding hydrogens is 289 g/mol. The molecule has 5 heteroatoms. The Morgan fingerprint density at radius 2 is 2.24 bits per heavy atom. The predicted molar refractivity (Wildman–Crippen MR) is 64.7 cm³/mol. The molecule has 0 fully saturated rings. The van der Waals surface area contributed by atoms with E-state index in [1.807, 2.05) is 0 Å². The number of aromatic amines is 1. The first kappa shape index (κ1) is 11.9. The van der Waals surface area contributed by atoms with Crippen molar-refractivity contribution in [2.75, 3.05) is 6.61 Å². The summed E-state index contributed by atoms with van der Waals surface area (Å²) in [4.78, 5) is 14.3. The summed E-state index contributed by atoms with van der Waals surface area (Å²) < 4.78 is 19.1. The highest BCUT2D eigenvalue weighted by atomic mass is 79.9. The molecule has 1 aromatic heterocycles. The SMILES string of the molecule is O=C(COc1ccc(Br)cc1F)c1ccc[nH]1. The zero-order chi connectivity index (χ0) is 12.3. The zero-order valence-corrected chi connectivity index (χ0v) is 10.3. The monoisotopic (exact) mass is 297 g/mol. The molecule has 1 N–H and O–H groups in total. The standard InChI is InChI=1S/C12H9BrFNO2/c13-8-3-4-12(9(14)6-8)17-7-11(16)10-2-1-5-15-10/h1-6,15H,7H2. The Morgan fingerprint density at radius 1 is 1.41 bits per heavy atom. The van der Waals surface area contributed by atoms with Crippen LogP contribution in [0, 0.1) is 5.82 Å². The summed E-state index contributed by atoms with van der Waals surface area (Å²) in [5, 5.41) is 0. The minimum absolute atomic E-state index is 0.0631. The van der Waals surface area contributed by atoms with E-state index >= 15 is 0 Å². The van der Waals surface area contributed by atoms with Gasteiger partial charge in [-0.05, 0) is 30.3 Å². The van der Waals surface area contributed by atoms with Gasteiger partial charge < -0.3 is 9.72 Å². The Kier molecular flexibility index (Phi) is 3.58. The van der Waals surface area contributed by atoms with Crippen molar-refractivity contribution in [2.24, 2.45) is 0 Å². The van der Waals surface area contributed by atoms with Crippen LogP contribution in [0.25, 0.3) is 0 Å². The van der Waals surface area contributed by atoms with E-state index < -0.39 is 5.82 Å². The van der Waals surface area contributed by atoms with Gasteiger partial charge in [0.1, 0.15) is 0 Å². The molecule has 0 bridgehead atoms. The summed E-state index contributed by atoms with van der Waals surface area (Å²) in [5.74, 6) is -0.663. The number of carbonyl (C=O) groups excluding carboxylic acids is 1. The molecule has 1 heterocycles. The molecule has 0 aliphatic heterocycles. The minimum Gasteiger partial charge on any atom is -0.482 e. The van der Waals surface area contributed by atoms with Crippen LogP contribution in [0.4, 0.5) is 4.39 Å². The van der Waals surface area contributed by atoms with Crippen LogP contribution in [0.3, 0.4) is 0 Å². The smallest absolute Gasteiger partial charge is 0.216 e. The Bertz CT molecular complexity index is 525. The second-order valence-corrected chi connectivity index (χ2v) is 4.29. The van der Waals surface area contributed by atoms with Crippen molar-refractivity contribution in [3.8, 4) is 5.75 Å². The number of ether oxygens (including phenoxy) is 1. The van der Waals surface area contributed by atoms with E-state index in [4.69, 9.17) is 4.74 Å². The molecule has 1 aromatic carbocycles. The molecule has 0 aliphatic carbocycles. The van der Waals surface area contributed by atoms with Gasteiger partial charge in [-0.3, -0.25) is 4.79 Å². The second-order valence-electron chi connectivity index (χ2n) is 3.37. The molecule has 2 rings (SSSR count). The number of Topliss-reactive ketones (excluding diaryl/α,β-unsaturated/α-hetero) is 1. The number of H-pyrrole nitrogens is 1. The number of benzene rings is 1. The topological polar surface area (TPSA) is 42.1 Å². The number of nitrogens with one attached hydrogen (secondary N) is 1. The van der Waals surface area contributed by atoms with Crippen molar-refractivity contribution in [2.45, 2.75) is 0 Å². The van der Waals surface area contributed by atoms with E-state index in [1.165, 1.54) is 12.1 Å². The van der Waals surface area contributed by atoms with Gasteiger partial charge in [-0.1, -0.05) is 15.9 Å². The number of halogens is 2. The van der Waals surface area contributed by atoms with Crippen molar-refractivity contribution in [3.05, 3.63) is 52.5 Å². The quantitative estimate of drug-likeness (QED) is 0.881. The van der Waals surface area contributed by atoms with Crippen LogP contribution in [0.1, 0.15) is 10.5 Å². The highest BCUT2D eigenvalue weighted by molar-refractivity contribution is 9.10. The predicted octanol–water partition coefficient (Wildman–Crippen LogP) is 3.18. The normalized spacial score (nSPS) is 10.2.